The van der Waals surface area contributed by atoms with Gasteiger partial charge in [-0.3, -0.25) is 0 Å². The number of rotatable bonds is 4. The molecule has 0 amide bonds. The third-order valence-electron chi connectivity index (χ3n) is 4.39. The molecule has 0 aliphatic heterocycles. The van der Waals surface area contributed by atoms with Gasteiger partial charge in [-0.2, -0.15) is 0 Å². The Morgan fingerprint density at radius 2 is 2.05 bits per heavy atom. The minimum absolute atomic E-state index is 0.450. The van der Waals surface area contributed by atoms with Gasteiger partial charge in [0.15, 0.2) is 0 Å². The second-order valence-electron chi connectivity index (χ2n) is 5.93. The maximum absolute atomic E-state index is 3.51. The van der Waals surface area contributed by atoms with Crippen molar-refractivity contribution in [3.8, 4) is 0 Å². The van der Waals surface area contributed by atoms with Crippen LogP contribution in [0.2, 0.25) is 0 Å². The van der Waals surface area contributed by atoms with Crippen LogP contribution in [0.4, 0.5) is 0 Å². The number of hydrogen-bond donors (Lipinski definition) is 1. The average molecular weight is 285 g/mol. The molecule has 1 unspecified atom stereocenters. The summed E-state index contributed by atoms with van der Waals surface area (Å²) in [5.41, 5.74) is 5.83. The highest BCUT2D eigenvalue weighted by Gasteiger charge is 2.20. The Balaban J connectivity index is 1.84. The molecule has 1 aromatic heterocycles. The van der Waals surface area contributed by atoms with Crippen LogP contribution in [0.3, 0.4) is 0 Å². The van der Waals surface area contributed by atoms with Crippen LogP contribution in [0.25, 0.3) is 0 Å². The lowest BCUT2D eigenvalue weighted by atomic mass is 9.98. The highest BCUT2D eigenvalue weighted by atomic mass is 32.1. The van der Waals surface area contributed by atoms with Gasteiger partial charge in [0.25, 0.3) is 0 Å². The maximum atomic E-state index is 3.51. The second kappa shape index (κ2) is 5.71. The topological polar surface area (TPSA) is 12.0 Å². The number of nitrogens with one attached hydrogen (secondary N) is 1. The fourth-order valence-corrected chi connectivity index (χ4v) is 4.48. The zero-order valence-corrected chi connectivity index (χ0v) is 13.4. The molecule has 1 atom stereocenters. The molecule has 0 radical (unpaired) electrons. The summed E-state index contributed by atoms with van der Waals surface area (Å²) in [5, 5.41) is 3.51. The highest BCUT2D eigenvalue weighted by Crippen LogP contribution is 2.35. The molecule has 1 aromatic carbocycles. The monoisotopic (exact) mass is 285 g/mol. The largest absolute Gasteiger partial charge is 0.312 e. The van der Waals surface area contributed by atoms with Crippen molar-refractivity contribution in [3.63, 3.8) is 0 Å². The van der Waals surface area contributed by atoms with Gasteiger partial charge in [0.05, 0.1) is 0 Å². The zero-order valence-electron chi connectivity index (χ0n) is 12.6. The fraction of sp³-hybridized carbons (Fsp3) is 0.444. The van der Waals surface area contributed by atoms with E-state index in [-0.39, 0.29) is 0 Å². The summed E-state index contributed by atoms with van der Waals surface area (Å²) in [6.45, 7) is 4.40. The van der Waals surface area contributed by atoms with Crippen molar-refractivity contribution in [2.24, 2.45) is 0 Å². The first-order chi connectivity index (χ1) is 9.67. The number of benzene rings is 1. The van der Waals surface area contributed by atoms with Crippen LogP contribution in [0.1, 0.15) is 44.5 Å². The fourth-order valence-electron chi connectivity index (χ4n) is 3.11. The average Bonchev–Trinajstić information content (AvgIpc) is 3.00. The Morgan fingerprint density at radius 1 is 1.20 bits per heavy atom. The van der Waals surface area contributed by atoms with Crippen molar-refractivity contribution < 1.29 is 0 Å². The minimum Gasteiger partial charge on any atom is -0.312 e. The van der Waals surface area contributed by atoms with Gasteiger partial charge in [-0.25, -0.2) is 0 Å². The first-order valence-electron chi connectivity index (χ1n) is 7.52. The van der Waals surface area contributed by atoms with Crippen LogP contribution in [0.5, 0.6) is 0 Å². The van der Waals surface area contributed by atoms with E-state index in [2.05, 4.69) is 50.5 Å². The Labute approximate surface area is 126 Å². The predicted octanol–water partition coefficient (Wildman–Crippen LogP) is 4.36. The molecule has 1 heterocycles. The molecule has 0 saturated heterocycles. The molecule has 1 N–H and O–H groups in total. The Kier molecular flexibility index (Phi) is 3.95. The molecule has 3 rings (SSSR count). The SMILES string of the molecule is CNC(Cc1cc(C)ccc1C)c1cc2c(s1)CCC2. The maximum Gasteiger partial charge on any atom is 0.0453 e. The van der Waals surface area contributed by atoms with E-state index >= 15 is 0 Å². The highest BCUT2D eigenvalue weighted by molar-refractivity contribution is 7.12. The van der Waals surface area contributed by atoms with Crippen molar-refractivity contribution in [1.29, 1.82) is 0 Å². The van der Waals surface area contributed by atoms with E-state index in [1.54, 1.807) is 10.4 Å². The molecule has 2 aromatic rings. The molecule has 0 bridgehead atoms. The molecule has 1 aliphatic rings. The second-order valence-corrected chi connectivity index (χ2v) is 7.09. The van der Waals surface area contributed by atoms with Gasteiger partial charge in [-0.15, -0.1) is 11.3 Å². The summed E-state index contributed by atoms with van der Waals surface area (Å²) in [6.07, 6.45) is 5.01. The quantitative estimate of drug-likeness (QED) is 0.880. The van der Waals surface area contributed by atoms with Crippen molar-refractivity contribution in [2.45, 2.75) is 45.6 Å². The number of fused-ring (bicyclic) bond motifs is 1. The van der Waals surface area contributed by atoms with Crippen molar-refractivity contribution in [2.75, 3.05) is 7.05 Å². The summed E-state index contributed by atoms with van der Waals surface area (Å²) >= 11 is 2.02. The summed E-state index contributed by atoms with van der Waals surface area (Å²) in [4.78, 5) is 3.14. The van der Waals surface area contributed by atoms with E-state index in [4.69, 9.17) is 0 Å². The van der Waals surface area contributed by atoms with Gasteiger partial charge in [-0.05, 0) is 69.3 Å². The smallest absolute Gasteiger partial charge is 0.0453 e. The first kappa shape index (κ1) is 13.8. The molecule has 0 saturated carbocycles. The van der Waals surface area contributed by atoms with Gasteiger partial charge in [0.1, 0.15) is 0 Å². The lowest BCUT2D eigenvalue weighted by molar-refractivity contribution is 0.600. The molecule has 1 nitrogen and oxygen atoms in total. The molecule has 2 heteroatoms. The minimum atomic E-state index is 0.450. The van der Waals surface area contributed by atoms with Gasteiger partial charge in [0.2, 0.25) is 0 Å². The van der Waals surface area contributed by atoms with Gasteiger partial charge in [-0.1, -0.05) is 23.8 Å². The molecule has 0 fully saturated rings. The van der Waals surface area contributed by atoms with E-state index in [1.165, 1.54) is 40.8 Å². The normalized spacial score (nSPS) is 15.3. The Bertz CT molecular complexity index is 590. The predicted molar refractivity (Wildman–Crippen MR) is 87.8 cm³/mol. The summed E-state index contributed by atoms with van der Waals surface area (Å²) < 4.78 is 0. The van der Waals surface area contributed by atoms with Gasteiger partial charge in [0, 0.05) is 15.8 Å². The van der Waals surface area contributed by atoms with Crippen molar-refractivity contribution in [1.82, 2.24) is 5.32 Å². The van der Waals surface area contributed by atoms with Crippen molar-refractivity contribution >= 4 is 11.3 Å². The zero-order chi connectivity index (χ0) is 14.1. The van der Waals surface area contributed by atoms with E-state index in [1.807, 2.05) is 11.3 Å². The third-order valence-corrected chi connectivity index (χ3v) is 5.74. The van der Waals surface area contributed by atoms with Gasteiger partial charge < -0.3 is 5.32 Å². The standard InChI is InChI=1S/C18H23NS/c1-12-7-8-13(2)15(9-12)10-16(19-3)18-11-14-5-4-6-17(14)20-18/h7-9,11,16,19H,4-6,10H2,1-3H3. The van der Waals surface area contributed by atoms with E-state index in [0.717, 1.165) is 6.42 Å². The van der Waals surface area contributed by atoms with Crippen LogP contribution in [0, 0.1) is 13.8 Å². The molecular weight excluding hydrogens is 262 g/mol. The number of likely N-dealkylation sites (N-methyl/N-ethyl adjacent to an activating group) is 1. The van der Waals surface area contributed by atoms with E-state index in [9.17, 15) is 0 Å². The van der Waals surface area contributed by atoms with Crippen LogP contribution in [0.15, 0.2) is 24.3 Å². The Morgan fingerprint density at radius 3 is 2.80 bits per heavy atom. The first-order valence-corrected chi connectivity index (χ1v) is 8.34. The number of aryl methyl sites for hydroxylation is 4. The lowest BCUT2D eigenvalue weighted by Crippen LogP contribution is -2.18. The van der Waals surface area contributed by atoms with Crippen LogP contribution in [-0.2, 0) is 19.3 Å². The summed E-state index contributed by atoms with van der Waals surface area (Å²) in [6, 6.07) is 9.67. The number of hydrogen-bond acceptors (Lipinski definition) is 2. The molecule has 1 aliphatic carbocycles. The third kappa shape index (κ3) is 2.68. The van der Waals surface area contributed by atoms with E-state index < -0.39 is 0 Å². The van der Waals surface area contributed by atoms with Crippen LogP contribution >= 0.6 is 11.3 Å². The van der Waals surface area contributed by atoms with Crippen LogP contribution in [-0.4, -0.2) is 7.05 Å². The van der Waals surface area contributed by atoms with E-state index in [0.29, 0.717) is 6.04 Å². The molecule has 0 spiro atoms. The molecule has 106 valence electrons. The number of thiophene rings is 1. The summed E-state index contributed by atoms with van der Waals surface area (Å²) in [5.74, 6) is 0. The Hall–Kier alpha value is -1.12. The molecular formula is C18H23NS. The summed E-state index contributed by atoms with van der Waals surface area (Å²) in [7, 11) is 2.08. The van der Waals surface area contributed by atoms with Crippen molar-refractivity contribution in [3.05, 3.63) is 56.3 Å². The lowest BCUT2D eigenvalue weighted by Gasteiger charge is -2.17. The molecule has 20 heavy (non-hydrogen) atoms. The van der Waals surface area contributed by atoms with Crippen LogP contribution < -0.4 is 5.32 Å². The van der Waals surface area contributed by atoms with Gasteiger partial charge >= 0.3 is 0 Å².